The van der Waals surface area contributed by atoms with Gasteiger partial charge in [0.25, 0.3) is 5.91 Å². The van der Waals surface area contributed by atoms with Crippen LogP contribution in [0.1, 0.15) is 49.0 Å². The van der Waals surface area contributed by atoms with Gasteiger partial charge in [0.15, 0.2) is 0 Å². The standard InChI is InChI=1S/C15H23N3O/c1-3-14-8-7-11(2)18(14)10-12-5-4-6-13(9-12)15(19)17-16/h4-6,9,11,14H,3,7-8,10,16H2,1-2H3,(H,17,19). The molecule has 1 fully saturated rings. The van der Waals surface area contributed by atoms with Gasteiger partial charge in [-0.15, -0.1) is 0 Å². The molecule has 1 heterocycles. The first-order valence-corrected chi connectivity index (χ1v) is 7.01. The van der Waals surface area contributed by atoms with E-state index >= 15 is 0 Å². The number of amides is 1. The van der Waals surface area contributed by atoms with Gasteiger partial charge in [0.2, 0.25) is 0 Å². The minimum atomic E-state index is -0.233. The van der Waals surface area contributed by atoms with Crippen molar-refractivity contribution in [3.63, 3.8) is 0 Å². The quantitative estimate of drug-likeness (QED) is 0.495. The van der Waals surface area contributed by atoms with Gasteiger partial charge in [0.1, 0.15) is 0 Å². The van der Waals surface area contributed by atoms with Gasteiger partial charge in [-0.3, -0.25) is 15.1 Å². The highest BCUT2D eigenvalue weighted by Crippen LogP contribution is 2.27. The molecule has 2 atom stereocenters. The molecule has 1 saturated heterocycles. The molecule has 1 aliphatic rings. The molecule has 0 saturated carbocycles. The van der Waals surface area contributed by atoms with E-state index in [4.69, 9.17) is 5.84 Å². The summed E-state index contributed by atoms with van der Waals surface area (Å²) in [5.74, 6) is 4.94. The third-order valence-electron chi connectivity index (χ3n) is 4.11. The maximum atomic E-state index is 11.5. The summed E-state index contributed by atoms with van der Waals surface area (Å²) in [6, 6.07) is 9.00. The van der Waals surface area contributed by atoms with E-state index in [1.165, 1.54) is 24.8 Å². The van der Waals surface area contributed by atoms with Gasteiger partial charge in [-0.25, -0.2) is 5.84 Å². The molecule has 4 heteroatoms. The number of nitrogens with zero attached hydrogens (tertiary/aromatic N) is 1. The topological polar surface area (TPSA) is 58.4 Å². The summed E-state index contributed by atoms with van der Waals surface area (Å²) >= 11 is 0. The molecule has 1 aromatic carbocycles. The summed E-state index contributed by atoms with van der Waals surface area (Å²) in [7, 11) is 0. The van der Waals surface area contributed by atoms with Crippen molar-refractivity contribution in [2.24, 2.45) is 5.84 Å². The Morgan fingerprint density at radius 1 is 1.47 bits per heavy atom. The first kappa shape index (κ1) is 14.0. The summed E-state index contributed by atoms with van der Waals surface area (Å²) in [6.07, 6.45) is 3.73. The number of nitrogens with one attached hydrogen (secondary N) is 1. The smallest absolute Gasteiger partial charge is 0.265 e. The van der Waals surface area contributed by atoms with Crippen LogP contribution in [0.4, 0.5) is 0 Å². The SMILES string of the molecule is CCC1CCC(C)N1Cc1cccc(C(=O)NN)c1. The number of hydrazine groups is 1. The number of hydrogen-bond acceptors (Lipinski definition) is 3. The molecule has 1 amide bonds. The molecule has 0 aliphatic carbocycles. The lowest BCUT2D eigenvalue weighted by molar-refractivity contribution is 0.0953. The van der Waals surface area contributed by atoms with E-state index in [0.29, 0.717) is 17.6 Å². The molecular formula is C15H23N3O. The average molecular weight is 261 g/mol. The van der Waals surface area contributed by atoms with Gasteiger partial charge in [0, 0.05) is 24.2 Å². The zero-order valence-corrected chi connectivity index (χ0v) is 11.7. The minimum Gasteiger partial charge on any atom is -0.293 e. The summed E-state index contributed by atoms with van der Waals surface area (Å²) in [5, 5.41) is 0. The Morgan fingerprint density at radius 3 is 2.95 bits per heavy atom. The number of carbonyl (C=O) groups excluding carboxylic acids is 1. The van der Waals surface area contributed by atoms with Crippen LogP contribution in [0.2, 0.25) is 0 Å². The Morgan fingerprint density at radius 2 is 2.26 bits per heavy atom. The van der Waals surface area contributed by atoms with Crippen LogP contribution < -0.4 is 11.3 Å². The number of nitrogen functional groups attached to an aromatic ring is 1. The third kappa shape index (κ3) is 3.14. The second-order valence-corrected chi connectivity index (χ2v) is 5.33. The Balaban J connectivity index is 2.12. The van der Waals surface area contributed by atoms with Gasteiger partial charge in [-0.05, 0) is 43.9 Å². The van der Waals surface area contributed by atoms with Crippen LogP contribution in [0.15, 0.2) is 24.3 Å². The first-order valence-electron chi connectivity index (χ1n) is 7.01. The second kappa shape index (κ2) is 6.17. The molecule has 2 rings (SSSR count). The van der Waals surface area contributed by atoms with E-state index in [1.807, 2.05) is 12.1 Å². The normalized spacial score (nSPS) is 23.5. The number of benzene rings is 1. The molecule has 0 radical (unpaired) electrons. The van der Waals surface area contributed by atoms with Crippen molar-refractivity contribution in [3.05, 3.63) is 35.4 Å². The number of hydrogen-bond donors (Lipinski definition) is 2. The molecule has 19 heavy (non-hydrogen) atoms. The van der Waals surface area contributed by atoms with E-state index in [9.17, 15) is 4.79 Å². The largest absolute Gasteiger partial charge is 0.293 e. The lowest BCUT2D eigenvalue weighted by atomic mass is 10.1. The fourth-order valence-corrected chi connectivity index (χ4v) is 2.95. The van der Waals surface area contributed by atoms with Crippen LogP contribution in [0.3, 0.4) is 0 Å². The maximum absolute atomic E-state index is 11.5. The molecule has 0 aromatic heterocycles. The van der Waals surface area contributed by atoms with Gasteiger partial charge in [-0.2, -0.15) is 0 Å². The number of rotatable bonds is 4. The van der Waals surface area contributed by atoms with Crippen LogP contribution in [-0.2, 0) is 6.54 Å². The molecule has 1 aliphatic heterocycles. The molecule has 0 spiro atoms. The summed E-state index contributed by atoms with van der Waals surface area (Å²) in [6.45, 7) is 5.44. The Labute approximate surface area is 114 Å². The van der Waals surface area contributed by atoms with E-state index in [1.54, 1.807) is 6.07 Å². The number of carbonyl (C=O) groups is 1. The molecule has 4 nitrogen and oxygen atoms in total. The van der Waals surface area contributed by atoms with Crippen LogP contribution in [0, 0.1) is 0 Å². The van der Waals surface area contributed by atoms with Gasteiger partial charge in [-0.1, -0.05) is 19.1 Å². The van der Waals surface area contributed by atoms with Gasteiger partial charge in [0.05, 0.1) is 0 Å². The molecule has 0 bridgehead atoms. The molecule has 1 aromatic rings. The number of likely N-dealkylation sites (tertiary alicyclic amines) is 1. The van der Waals surface area contributed by atoms with Crippen molar-refractivity contribution < 1.29 is 4.79 Å². The first-order chi connectivity index (χ1) is 9.15. The van der Waals surface area contributed by atoms with Crippen molar-refractivity contribution >= 4 is 5.91 Å². The molecular weight excluding hydrogens is 238 g/mol. The highest BCUT2D eigenvalue weighted by atomic mass is 16.2. The zero-order valence-electron chi connectivity index (χ0n) is 11.7. The predicted octanol–water partition coefficient (Wildman–Crippen LogP) is 2.05. The van der Waals surface area contributed by atoms with Crippen molar-refractivity contribution in [2.75, 3.05) is 0 Å². The summed E-state index contributed by atoms with van der Waals surface area (Å²) < 4.78 is 0. The van der Waals surface area contributed by atoms with Crippen LogP contribution in [-0.4, -0.2) is 22.9 Å². The molecule has 2 unspecified atom stereocenters. The second-order valence-electron chi connectivity index (χ2n) is 5.33. The third-order valence-corrected chi connectivity index (χ3v) is 4.11. The highest BCUT2D eigenvalue weighted by molar-refractivity contribution is 5.93. The van der Waals surface area contributed by atoms with Gasteiger partial charge >= 0.3 is 0 Å². The molecule has 3 N–H and O–H groups in total. The van der Waals surface area contributed by atoms with Crippen molar-refractivity contribution in [3.8, 4) is 0 Å². The van der Waals surface area contributed by atoms with E-state index in [0.717, 1.165) is 6.54 Å². The molecule has 104 valence electrons. The zero-order chi connectivity index (χ0) is 13.8. The van der Waals surface area contributed by atoms with E-state index in [2.05, 4.69) is 30.2 Å². The van der Waals surface area contributed by atoms with Crippen molar-refractivity contribution in [1.29, 1.82) is 0 Å². The average Bonchev–Trinajstić information content (AvgIpc) is 2.79. The van der Waals surface area contributed by atoms with E-state index < -0.39 is 0 Å². The van der Waals surface area contributed by atoms with Crippen LogP contribution in [0.25, 0.3) is 0 Å². The Kier molecular flexibility index (Phi) is 4.56. The van der Waals surface area contributed by atoms with Crippen molar-refractivity contribution in [2.45, 2.75) is 51.7 Å². The maximum Gasteiger partial charge on any atom is 0.265 e. The van der Waals surface area contributed by atoms with E-state index in [-0.39, 0.29) is 5.91 Å². The van der Waals surface area contributed by atoms with Crippen LogP contribution in [0.5, 0.6) is 0 Å². The summed E-state index contributed by atoms with van der Waals surface area (Å²) in [5.41, 5.74) is 3.98. The summed E-state index contributed by atoms with van der Waals surface area (Å²) in [4.78, 5) is 14.1. The Hall–Kier alpha value is -1.39. The Bertz CT molecular complexity index is 447. The minimum absolute atomic E-state index is 0.233. The van der Waals surface area contributed by atoms with Crippen LogP contribution >= 0.6 is 0 Å². The lowest BCUT2D eigenvalue weighted by Crippen LogP contribution is -2.33. The number of nitrogens with two attached hydrogens (primary N) is 1. The fraction of sp³-hybridized carbons (Fsp3) is 0.533. The predicted molar refractivity (Wildman–Crippen MR) is 76.4 cm³/mol. The van der Waals surface area contributed by atoms with Gasteiger partial charge < -0.3 is 0 Å². The van der Waals surface area contributed by atoms with Crippen molar-refractivity contribution in [1.82, 2.24) is 10.3 Å². The lowest BCUT2D eigenvalue weighted by Gasteiger charge is -2.27. The monoisotopic (exact) mass is 261 g/mol. The highest BCUT2D eigenvalue weighted by Gasteiger charge is 2.28. The fourth-order valence-electron chi connectivity index (χ4n) is 2.95.